The fourth-order valence-electron chi connectivity index (χ4n) is 3.15. The molecule has 3 atom stereocenters. The first kappa shape index (κ1) is 20.2. The molecule has 0 saturated heterocycles. The topological polar surface area (TPSA) is 82.8 Å². The van der Waals surface area contributed by atoms with Crippen LogP contribution in [0, 0.1) is 17.8 Å². The van der Waals surface area contributed by atoms with E-state index in [-0.39, 0.29) is 6.09 Å². The summed E-state index contributed by atoms with van der Waals surface area (Å²) in [5.41, 5.74) is 5.30. The normalized spacial score (nSPS) is 22.8. The maximum absolute atomic E-state index is 11.7. The van der Waals surface area contributed by atoms with E-state index in [1.54, 1.807) is 0 Å². The molecule has 23 heavy (non-hydrogen) atoms. The molecule has 6 heteroatoms. The van der Waals surface area contributed by atoms with Crippen molar-refractivity contribution in [3.63, 3.8) is 0 Å². The number of ether oxygens (including phenoxy) is 3. The molecule has 1 saturated carbocycles. The molecule has 1 unspecified atom stereocenters. The van der Waals surface area contributed by atoms with Gasteiger partial charge in [-0.05, 0) is 17.8 Å². The van der Waals surface area contributed by atoms with Gasteiger partial charge in [0.15, 0.2) is 0 Å². The van der Waals surface area contributed by atoms with Crippen LogP contribution >= 0.6 is 0 Å². The van der Waals surface area contributed by atoms with Crippen molar-refractivity contribution < 1.29 is 19.0 Å². The molecule has 3 N–H and O–H groups in total. The minimum atomic E-state index is -0.342. The maximum atomic E-state index is 11.7. The van der Waals surface area contributed by atoms with Crippen LogP contribution in [0.4, 0.5) is 4.79 Å². The second-order valence-electron chi connectivity index (χ2n) is 6.11. The lowest BCUT2D eigenvalue weighted by atomic mass is 10.1. The molecule has 0 heterocycles. The quantitative estimate of drug-likeness (QED) is 0.477. The Morgan fingerprint density at radius 3 is 2.13 bits per heavy atom. The van der Waals surface area contributed by atoms with Crippen molar-refractivity contribution in [1.82, 2.24) is 5.32 Å². The Kier molecular flexibility index (Phi) is 11.0. The average molecular weight is 330 g/mol. The van der Waals surface area contributed by atoms with E-state index in [4.69, 9.17) is 19.9 Å². The zero-order valence-corrected chi connectivity index (χ0v) is 14.7. The first-order valence-electron chi connectivity index (χ1n) is 9.00. The zero-order valence-electron chi connectivity index (χ0n) is 14.7. The number of rotatable bonds is 14. The van der Waals surface area contributed by atoms with E-state index in [2.05, 4.69) is 19.2 Å². The van der Waals surface area contributed by atoms with Crippen LogP contribution in [-0.4, -0.2) is 52.2 Å². The number of carbonyl (C=O) groups is 1. The Bertz CT molecular complexity index is 303. The summed E-state index contributed by atoms with van der Waals surface area (Å²) in [6.45, 7) is 8.00. The van der Waals surface area contributed by atoms with Crippen molar-refractivity contribution in [3.05, 3.63) is 0 Å². The first-order valence-corrected chi connectivity index (χ1v) is 9.00. The summed E-state index contributed by atoms with van der Waals surface area (Å²) in [6.07, 6.45) is 4.58. The Morgan fingerprint density at radius 1 is 0.957 bits per heavy atom. The molecule has 1 aliphatic carbocycles. The van der Waals surface area contributed by atoms with Crippen molar-refractivity contribution >= 4 is 6.09 Å². The van der Waals surface area contributed by atoms with E-state index in [1.165, 1.54) is 25.7 Å². The summed E-state index contributed by atoms with van der Waals surface area (Å²) in [6, 6.07) is 0. The SMILES string of the molecule is CCC[C@@H]1C(COC(=O)NCCOCCOCCN)[C@@H]1CCC. The maximum Gasteiger partial charge on any atom is 0.407 e. The van der Waals surface area contributed by atoms with Gasteiger partial charge in [0, 0.05) is 13.1 Å². The molecule has 0 spiro atoms. The fourth-order valence-corrected chi connectivity index (χ4v) is 3.15. The highest BCUT2D eigenvalue weighted by Gasteiger charge is 2.48. The van der Waals surface area contributed by atoms with Crippen molar-refractivity contribution in [2.75, 3.05) is 46.1 Å². The van der Waals surface area contributed by atoms with Crippen molar-refractivity contribution in [1.29, 1.82) is 0 Å². The number of amides is 1. The van der Waals surface area contributed by atoms with E-state index in [0.717, 1.165) is 11.8 Å². The minimum absolute atomic E-state index is 0.342. The summed E-state index contributed by atoms with van der Waals surface area (Å²) in [5.74, 6) is 2.07. The Hall–Kier alpha value is -0.850. The van der Waals surface area contributed by atoms with Gasteiger partial charge in [0.1, 0.15) is 0 Å². The van der Waals surface area contributed by atoms with Gasteiger partial charge in [0.2, 0.25) is 0 Å². The second kappa shape index (κ2) is 12.6. The molecule has 1 amide bonds. The summed E-state index contributed by atoms with van der Waals surface area (Å²) in [4.78, 5) is 11.7. The van der Waals surface area contributed by atoms with E-state index in [1.807, 2.05) is 0 Å². The Labute approximate surface area is 140 Å². The second-order valence-corrected chi connectivity index (χ2v) is 6.11. The van der Waals surface area contributed by atoms with Gasteiger partial charge in [-0.15, -0.1) is 0 Å². The third-order valence-corrected chi connectivity index (χ3v) is 4.31. The number of hydrogen-bond acceptors (Lipinski definition) is 5. The Morgan fingerprint density at radius 2 is 1.57 bits per heavy atom. The van der Waals surface area contributed by atoms with Gasteiger partial charge in [0.05, 0.1) is 33.0 Å². The van der Waals surface area contributed by atoms with Gasteiger partial charge in [-0.2, -0.15) is 0 Å². The van der Waals surface area contributed by atoms with Crippen molar-refractivity contribution in [3.8, 4) is 0 Å². The Balaban J connectivity index is 1.98. The number of carbonyl (C=O) groups excluding carboxylic acids is 1. The predicted octanol–water partition coefficient (Wildman–Crippen LogP) is 2.17. The lowest BCUT2D eigenvalue weighted by Crippen LogP contribution is -2.29. The molecule has 0 bridgehead atoms. The number of nitrogens with two attached hydrogens (primary N) is 1. The zero-order chi connectivity index (χ0) is 16.9. The third kappa shape index (κ3) is 8.53. The predicted molar refractivity (Wildman–Crippen MR) is 90.3 cm³/mol. The highest BCUT2D eigenvalue weighted by Crippen LogP contribution is 2.51. The molecule has 1 aliphatic rings. The van der Waals surface area contributed by atoms with Gasteiger partial charge in [-0.3, -0.25) is 0 Å². The van der Waals surface area contributed by atoms with Crippen LogP contribution in [-0.2, 0) is 14.2 Å². The van der Waals surface area contributed by atoms with Crippen molar-refractivity contribution in [2.45, 2.75) is 39.5 Å². The summed E-state index contributed by atoms with van der Waals surface area (Å²) in [5, 5.41) is 2.71. The van der Waals surface area contributed by atoms with Crippen LogP contribution in [0.1, 0.15) is 39.5 Å². The largest absolute Gasteiger partial charge is 0.449 e. The summed E-state index contributed by atoms with van der Waals surface area (Å²) < 4.78 is 15.8. The van der Waals surface area contributed by atoms with Gasteiger partial charge in [-0.1, -0.05) is 39.5 Å². The molecular formula is C17H34N2O4. The number of hydrogen-bond donors (Lipinski definition) is 2. The van der Waals surface area contributed by atoms with Crippen molar-refractivity contribution in [2.24, 2.45) is 23.5 Å². The molecular weight excluding hydrogens is 296 g/mol. The fraction of sp³-hybridized carbons (Fsp3) is 0.941. The highest BCUT2D eigenvalue weighted by molar-refractivity contribution is 5.67. The van der Waals surface area contributed by atoms with Crippen LogP contribution in [0.3, 0.4) is 0 Å². The molecule has 136 valence electrons. The molecule has 6 nitrogen and oxygen atoms in total. The molecule has 0 radical (unpaired) electrons. The van der Waals surface area contributed by atoms with Crippen LogP contribution < -0.4 is 11.1 Å². The molecule has 1 rings (SSSR count). The lowest BCUT2D eigenvalue weighted by molar-refractivity contribution is 0.0511. The first-order chi connectivity index (χ1) is 11.2. The third-order valence-electron chi connectivity index (χ3n) is 4.31. The van der Waals surface area contributed by atoms with Gasteiger partial charge >= 0.3 is 6.09 Å². The molecule has 1 fully saturated rings. The monoisotopic (exact) mass is 330 g/mol. The summed E-state index contributed by atoms with van der Waals surface area (Å²) >= 11 is 0. The average Bonchev–Trinajstić information content (AvgIpc) is 3.20. The lowest BCUT2D eigenvalue weighted by Gasteiger charge is -2.08. The van der Waals surface area contributed by atoms with Crippen LogP contribution in [0.15, 0.2) is 0 Å². The van der Waals surface area contributed by atoms with Crippen LogP contribution in [0.25, 0.3) is 0 Å². The highest BCUT2D eigenvalue weighted by atomic mass is 16.6. The van der Waals surface area contributed by atoms with E-state index >= 15 is 0 Å². The van der Waals surface area contributed by atoms with E-state index in [0.29, 0.717) is 52.0 Å². The van der Waals surface area contributed by atoms with Crippen LogP contribution in [0.2, 0.25) is 0 Å². The standard InChI is InChI=1S/C17H34N2O4/c1-3-5-14-15(6-4-2)16(14)13-23-17(20)19-8-10-22-12-11-21-9-7-18/h14-16H,3-13,18H2,1-2H3,(H,19,20)/t14-,15+,16?. The van der Waals surface area contributed by atoms with Gasteiger partial charge < -0.3 is 25.3 Å². The van der Waals surface area contributed by atoms with E-state index < -0.39 is 0 Å². The number of alkyl carbamates (subject to hydrolysis) is 1. The molecule has 0 aliphatic heterocycles. The summed E-state index contributed by atoms with van der Waals surface area (Å²) in [7, 11) is 0. The number of nitrogens with one attached hydrogen (secondary N) is 1. The van der Waals surface area contributed by atoms with Crippen LogP contribution in [0.5, 0.6) is 0 Å². The molecule has 0 aromatic rings. The molecule has 0 aromatic heterocycles. The van der Waals surface area contributed by atoms with Gasteiger partial charge in [0.25, 0.3) is 0 Å². The smallest absolute Gasteiger partial charge is 0.407 e. The minimum Gasteiger partial charge on any atom is -0.449 e. The van der Waals surface area contributed by atoms with Gasteiger partial charge in [-0.25, -0.2) is 4.79 Å². The van der Waals surface area contributed by atoms with E-state index in [9.17, 15) is 4.79 Å². The molecule has 0 aromatic carbocycles.